The number of hydrogen-bond donors (Lipinski definition) is 0. The third-order valence-electron chi connectivity index (χ3n) is 7.39. The van der Waals surface area contributed by atoms with Crippen molar-refractivity contribution in [1.82, 2.24) is 0 Å². The van der Waals surface area contributed by atoms with Gasteiger partial charge in [0.15, 0.2) is 12.6 Å². The molecule has 0 radical (unpaired) electrons. The second kappa shape index (κ2) is 16.5. The van der Waals surface area contributed by atoms with Gasteiger partial charge >= 0.3 is 0 Å². The van der Waals surface area contributed by atoms with Crippen molar-refractivity contribution in [3.63, 3.8) is 0 Å². The number of aryl methyl sites for hydroxylation is 2. The molecule has 0 N–H and O–H groups in total. The van der Waals surface area contributed by atoms with E-state index in [0.29, 0.717) is 0 Å². The van der Waals surface area contributed by atoms with Crippen LogP contribution in [0.15, 0.2) is 36.4 Å². The predicted octanol–water partition coefficient (Wildman–Crippen LogP) is 12.4. The average Bonchev–Trinajstić information content (AvgIpc) is 3.77. The van der Waals surface area contributed by atoms with Gasteiger partial charge < -0.3 is 0 Å². The Bertz CT molecular complexity index is 1230. The SMILES string of the molecule is CCCCCCCCc1cc(C=O)sc1-c1ccc(-c2ccc(-c3sc(C=O)cc3CCCCCCCC)s2)s1. The van der Waals surface area contributed by atoms with Crippen LogP contribution in [0.5, 0.6) is 0 Å². The molecule has 0 fully saturated rings. The zero-order chi connectivity index (χ0) is 28.2. The van der Waals surface area contributed by atoms with Crippen LogP contribution in [0.3, 0.4) is 0 Å². The van der Waals surface area contributed by atoms with Crippen LogP contribution >= 0.6 is 45.3 Å². The van der Waals surface area contributed by atoms with E-state index >= 15 is 0 Å². The molecule has 0 atom stereocenters. The summed E-state index contributed by atoms with van der Waals surface area (Å²) in [7, 11) is 0. The van der Waals surface area contributed by atoms with E-state index in [4.69, 9.17) is 0 Å². The molecular formula is C34H42O2S4. The Morgan fingerprint density at radius 2 is 0.875 bits per heavy atom. The van der Waals surface area contributed by atoms with E-state index in [2.05, 4.69) is 50.2 Å². The highest BCUT2D eigenvalue weighted by Gasteiger charge is 2.17. The number of carbonyl (C=O) groups is 2. The second-order valence-electron chi connectivity index (χ2n) is 10.6. The first-order valence-electron chi connectivity index (χ1n) is 15.0. The Morgan fingerprint density at radius 1 is 0.500 bits per heavy atom. The van der Waals surface area contributed by atoms with Crippen LogP contribution in [0.1, 0.15) is 121 Å². The lowest BCUT2D eigenvalue weighted by Crippen LogP contribution is -1.86. The van der Waals surface area contributed by atoms with Gasteiger partial charge in [-0.1, -0.05) is 78.1 Å². The molecule has 0 saturated carbocycles. The van der Waals surface area contributed by atoms with Crippen LogP contribution in [0, 0.1) is 0 Å². The average molecular weight is 611 g/mol. The predicted molar refractivity (Wildman–Crippen MR) is 179 cm³/mol. The Kier molecular flexibility index (Phi) is 12.9. The Labute approximate surface area is 256 Å². The number of rotatable bonds is 19. The van der Waals surface area contributed by atoms with Crippen LogP contribution in [0.4, 0.5) is 0 Å². The van der Waals surface area contributed by atoms with Crippen molar-refractivity contribution in [1.29, 1.82) is 0 Å². The maximum absolute atomic E-state index is 11.6. The number of carbonyl (C=O) groups excluding carboxylic acids is 2. The van der Waals surface area contributed by atoms with Crippen molar-refractivity contribution >= 4 is 57.9 Å². The summed E-state index contributed by atoms with van der Waals surface area (Å²) in [5.41, 5.74) is 2.64. The van der Waals surface area contributed by atoms with Gasteiger partial charge in [-0.2, -0.15) is 0 Å². The van der Waals surface area contributed by atoms with Crippen molar-refractivity contribution in [2.45, 2.75) is 104 Å². The normalized spacial score (nSPS) is 11.3. The van der Waals surface area contributed by atoms with Crippen LogP contribution in [0.25, 0.3) is 29.3 Å². The van der Waals surface area contributed by atoms with Gasteiger partial charge in [0.2, 0.25) is 0 Å². The summed E-state index contributed by atoms with van der Waals surface area (Å²) >= 11 is 6.91. The molecule has 40 heavy (non-hydrogen) atoms. The van der Waals surface area contributed by atoms with E-state index in [1.54, 1.807) is 22.7 Å². The Balaban J connectivity index is 1.45. The van der Waals surface area contributed by atoms with Crippen LogP contribution in [-0.4, -0.2) is 12.6 Å². The molecule has 0 aliphatic carbocycles. The maximum Gasteiger partial charge on any atom is 0.160 e. The Hall–Kier alpha value is -1.86. The third-order valence-corrected chi connectivity index (χ3v) is 12.3. The number of aldehydes is 2. The number of unbranched alkanes of at least 4 members (excludes halogenated alkanes) is 10. The molecule has 0 unspecified atom stereocenters. The lowest BCUT2D eigenvalue weighted by Gasteiger charge is -2.03. The highest BCUT2D eigenvalue weighted by Crippen LogP contribution is 2.45. The summed E-state index contributed by atoms with van der Waals surface area (Å²) in [6.07, 6.45) is 19.4. The van der Waals surface area contributed by atoms with E-state index in [1.807, 2.05) is 22.7 Å². The standard InChI is InChI=1S/C34H42O2S4/c1-3-5-7-9-11-13-15-25-21-27(23-35)37-33(25)31-19-17-29(39-31)30-18-20-32(40-30)34-26(22-28(24-36)38-34)16-14-12-10-8-6-4-2/h17-24H,3-16H2,1-2H3. The van der Waals surface area contributed by atoms with E-state index < -0.39 is 0 Å². The van der Waals surface area contributed by atoms with Crippen LogP contribution < -0.4 is 0 Å². The molecule has 6 heteroatoms. The molecule has 4 aromatic rings. The van der Waals surface area contributed by atoms with Gasteiger partial charge in [0.1, 0.15) is 0 Å². The highest BCUT2D eigenvalue weighted by molar-refractivity contribution is 7.29. The smallest absolute Gasteiger partial charge is 0.160 e. The van der Waals surface area contributed by atoms with Crippen molar-refractivity contribution in [2.75, 3.05) is 0 Å². The van der Waals surface area contributed by atoms with Gasteiger partial charge in [-0.25, -0.2) is 0 Å². The molecule has 2 nitrogen and oxygen atoms in total. The van der Waals surface area contributed by atoms with Gasteiger partial charge in [-0.15, -0.1) is 45.3 Å². The van der Waals surface area contributed by atoms with Gasteiger partial charge in [-0.3, -0.25) is 9.59 Å². The number of hydrogen-bond acceptors (Lipinski definition) is 6. The fourth-order valence-electron chi connectivity index (χ4n) is 5.18. The fourth-order valence-corrected chi connectivity index (χ4v) is 9.63. The van der Waals surface area contributed by atoms with Gasteiger partial charge in [0, 0.05) is 29.3 Å². The largest absolute Gasteiger partial charge is 0.297 e. The molecule has 0 aliphatic heterocycles. The van der Waals surface area contributed by atoms with Gasteiger partial charge in [0.25, 0.3) is 0 Å². The maximum atomic E-state index is 11.6. The van der Waals surface area contributed by atoms with E-state index in [9.17, 15) is 9.59 Å². The fraction of sp³-hybridized carbons (Fsp3) is 0.471. The van der Waals surface area contributed by atoms with Crippen molar-refractivity contribution in [3.8, 4) is 29.3 Å². The molecule has 214 valence electrons. The molecule has 0 amide bonds. The van der Waals surface area contributed by atoms with Crippen LogP contribution in [-0.2, 0) is 12.8 Å². The first-order valence-corrected chi connectivity index (χ1v) is 18.3. The molecule has 0 spiro atoms. The number of thiophene rings is 4. The quantitative estimate of drug-likeness (QED) is 0.0781. The molecule has 4 rings (SSSR count). The van der Waals surface area contributed by atoms with E-state index in [1.165, 1.54) is 117 Å². The van der Waals surface area contributed by atoms with E-state index in [-0.39, 0.29) is 0 Å². The van der Waals surface area contributed by atoms with Crippen molar-refractivity contribution < 1.29 is 9.59 Å². The lowest BCUT2D eigenvalue weighted by molar-refractivity contribution is 0.111. The molecular weight excluding hydrogens is 569 g/mol. The first-order chi connectivity index (χ1) is 19.7. The molecule has 4 heterocycles. The monoisotopic (exact) mass is 610 g/mol. The summed E-state index contributed by atoms with van der Waals surface area (Å²) < 4.78 is 0. The zero-order valence-electron chi connectivity index (χ0n) is 24.0. The van der Waals surface area contributed by atoms with Crippen molar-refractivity contribution in [2.24, 2.45) is 0 Å². The summed E-state index contributed by atoms with van der Waals surface area (Å²) in [6.45, 7) is 4.51. The second-order valence-corrected chi connectivity index (χ2v) is 14.9. The van der Waals surface area contributed by atoms with Gasteiger partial charge in [-0.05, 0) is 73.2 Å². The first kappa shape index (κ1) is 31.1. The summed E-state index contributed by atoms with van der Waals surface area (Å²) in [5, 5.41) is 0. The summed E-state index contributed by atoms with van der Waals surface area (Å²) in [5.74, 6) is 0. The minimum Gasteiger partial charge on any atom is -0.297 e. The Morgan fingerprint density at radius 3 is 1.27 bits per heavy atom. The highest BCUT2D eigenvalue weighted by atomic mass is 32.1. The minimum absolute atomic E-state index is 0.825. The molecule has 4 aromatic heterocycles. The third kappa shape index (κ3) is 8.58. The zero-order valence-corrected chi connectivity index (χ0v) is 27.2. The molecule has 0 bridgehead atoms. The minimum atomic E-state index is 0.825. The topological polar surface area (TPSA) is 34.1 Å². The van der Waals surface area contributed by atoms with E-state index in [0.717, 1.165) is 35.2 Å². The van der Waals surface area contributed by atoms with Crippen molar-refractivity contribution in [3.05, 3.63) is 57.3 Å². The molecule has 0 saturated heterocycles. The summed E-state index contributed by atoms with van der Waals surface area (Å²) in [4.78, 5) is 32.4. The summed E-state index contributed by atoms with van der Waals surface area (Å²) in [6, 6.07) is 13.1. The molecule has 0 aromatic carbocycles. The van der Waals surface area contributed by atoms with Crippen LogP contribution in [0.2, 0.25) is 0 Å². The van der Waals surface area contributed by atoms with Gasteiger partial charge in [0.05, 0.1) is 9.75 Å². The lowest BCUT2D eigenvalue weighted by atomic mass is 10.0. The molecule has 0 aliphatic rings.